The topological polar surface area (TPSA) is 21.3 Å². The molecule has 1 unspecified atom stereocenters. The van der Waals surface area contributed by atoms with E-state index in [0.717, 1.165) is 0 Å². The van der Waals surface area contributed by atoms with Crippen molar-refractivity contribution >= 4 is 0 Å². The normalized spacial score (nSPS) is 32.2. The van der Waals surface area contributed by atoms with E-state index in [0.29, 0.717) is 0 Å². The highest BCUT2D eigenvalue weighted by atomic mass is 16.5. The quantitative estimate of drug-likeness (QED) is 0.559. The molecule has 49 valence electrons. The third-order valence-electron chi connectivity index (χ3n) is 1.34. The predicted molar refractivity (Wildman–Crippen MR) is 35.5 cm³/mol. The van der Waals surface area contributed by atoms with Crippen LogP contribution in [0.3, 0.4) is 0 Å². The molecule has 0 aromatic rings. The molecular weight excluding hydrogens is 114 g/mol. The van der Waals surface area contributed by atoms with E-state index in [1.165, 1.54) is 0 Å². The van der Waals surface area contributed by atoms with Crippen LogP contribution >= 0.6 is 0 Å². The van der Waals surface area contributed by atoms with Gasteiger partial charge >= 0.3 is 0 Å². The van der Waals surface area contributed by atoms with Gasteiger partial charge in [0.15, 0.2) is 5.72 Å². The first-order valence-corrected chi connectivity index (χ1v) is 2.86. The van der Waals surface area contributed by atoms with Gasteiger partial charge in [0, 0.05) is 7.11 Å². The van der Waals surface area contributed by atoms with Gasteiger partial charge in [-0.15, -0.1) is 0 Å². The number of rotatable bonds is 1. The van der Waals surface area contributed by atoms with Crippen molar-refractivity contribution in [1.82, 2.24) is 5.32 Å². The zero-order valence-electron chi connectivity index (χ0n) is 5.64. The SMILES string of the molecule is COC1(C)C=CC=[C]N1. The van der Waals surface area contributed by atoms with E-state index in [9.17, 15) is 0 Å². The molecule has 0 saturated carbocycles. The average molecular weight is 124 g/mol. The number of methoxy groups -OCH3 is 1. The highest BCUT2D eigenvalue weighted by Crippen LogP contribution is 2.08. The lowest BCUT2D eigenvalue weighted by Gasteiger charge is -2.25. The molecule has 1 radical (unpaired) electrons. The summed E-state index contributed by atoms with van der Waals surface area (Å²) in [5.74, 6) is 0. The predicted octanol–water partition coefficient (Wildman–Crippen LogP) is 0.825. The number of hydrogen-bond donors (Lipinski definition) is 1. The van der Waals surface area contributed by atoms with E-state index in [2.05, 4.69) is 11.5 Å². The maximum absolute atomic E-state index is 5.10. The standard InChI is InChI=1S/C7H10NO/c1-7(9-2)5-3-4-6-8-7/h3-5,8H,1-2H3. The van der Waals surface area contributed by atoms with Gasteiger partial charge in [0.2, 0.25) is 0 Å². The third-order valence-corrected chi connectivity index (χ3v) is 1.34. The van der Waals surface area contributed by atoms with Crippen LogP contribution in [0.1, 0.15) is 6.92 Å². The highest BCUT2D eigenvalue weighted by Gasteiger charge is 2.17. The first-order chi connectivity index (χ1) is 4.27. The van der Waals surface area contributed by atoms with Gasteiger partial charge in [-0.1, -0.05) is 6.08 Å². The molecule has 0 aromatic heterocycles. The van der Waals surface area contributed by atoms with Gasteiger partial charge in [-0.25, -0.2) is 0 Å². The zero-order chi connectivity index (χ0) is 6.74. The minimum Gasteiger partial charge on any atom is -0.356 e. The number of dihydropyridines is 1. The second-order valence-corrected chi connectivity index (χ2v) is 2.11. The van der Waals surface area contributed by atoms with E-state index in [-0.39, 0.29) is 5.72 Å². The molecule has 2 nitrogen and oxygen atoms in total. The Hall–Kier alpha value is -0.760. The molecule has 0 saturated heterocycles. The monoisotopic (exact) mass is 124 g/mol. The minimum atomic E-state index is -0.352. The molecule has 0 aliphatic carbocycles. The fourth-order valence-corrected chi connectivity index (χ4v) is 0.626. The van der Waals surface area contributed by atoms with Crippen molar-refractivity contribution in [3.63, 3.8) is 0 Å². The van der Waals surface area contributed by atoms with E-state index in [1.807, 2.05) is 19.1 Å². The Labute approximate surface area is 55.2 Å². The molecule has 9 heavy (non-hydrogen) atoms. The van der Waals surface area contributed by atoms with Crippen LogP contribution in [0.4, 0.5) is 0 Å². The molecule has 1 heterocycles. The Kier molecular flexibility index (Phi) is 1.58. The van der Waals surface area contributed by atoms with Crippen LogP contribution in [-0.2, 0) is 4.74 Å². The Bertz CT molecular complexity index is 151. The third kappa shape index (κ3) is 1.33. The van der Waals surface area contributed by atoms with E-state index < -0.39 is 0 Å². The number of nitrogens with one attached hydrogen (secondary N) is 1. The first kappa shape index (κ1) is 6.36. The molecule has 0 aromatic carbocycles. The minimum absolute atomic E-state index is 0.352. The Morgan fingerprint density at radius 3 is 2.78 bits per heavy atom. The molecule has 0 amide bonds. The maximum atomic E-state index is 5.10. The van der Waals surface area contributed by atoms with Crippen molar-refractivity contribution in [1.29, 1.82) is 0 Å². The second kappa shape index (κ2) is 2.23. The fourth-order valence-electron chi connectivity index (χ4n) is 0.626. The molecule has 0 fully saturated rings. The Morgan fingerprint density at radius 2 is 2.44 bits per heavy atom. The Morgan fingerprint density at radius 1 is 1.67 bits per heavy atom. The summed E-state index contributed by atoms with van der Waals surface area (Å²) in [6.07, 6.45) is 8.48. The van der Waals surface area contributed by atoms with Gasteiger partial charge in [-0.05, 0) is 19.1 Å². The summed E-state index contributed by atoms with van der Waals surface area (Å²) < 4.78 is 5.10. The average Bonchev–Trinajstić information content (AvgIpc) is 1.90. The van der Waals surface area contributed by atoms with Gasteiger partial charge in [-0.3, -0.25) is 0 Å². The molecular formula is C7H10NO. The van der Waals surface area contributed by atoms with Crippen molar-refractivity contribution in [2.75, 3.05) is 7.11 Å². The van der Waals surface area contributed by atoms with E-state index >= 15 is 0 Å². The Balaban J connectivity index is 2.63. The van der Waals surface area contributed by atoms with Crippen LogP contribution in [0.25, 0.3) is 0 Å². The number of ether oxygens (including phenoxy) is 1. The molecule has 1 rings (SSSR count). The molecule has 1 N–H and O–H groups in total. The first-order valence-electron chi connectivity index (χ1n) is 2.86. The summed E-state index contributed by atoms with van der Waals surface area (Å²) in [5, 5.41) is 2.93. The van der Waals surface area contributed by atoms with E-state index in [4.69, 9.17) is 4.74 Å². The van der Waals surface area contributed by atoms with Gasteiger partial charge < -0.3 is 10.1 Å². The largest absolute Gasteiger partial charge is 0.356 e. The van der Waals surface area contributed by atoms with Crippen molar-refractivity contribution in [2.45, 2.75) is 12.6 Å². The molecule has 0 spiro atoms. The lowest BCUT2D eigenvalue weighted by molar-refractivity contribution is 0.0276. The van der Waals surface area contributed by atoms with Crippen LogP contribution in [0, 0.1) is 6.20 Å². The summed E-state index contributed by atoms with van der Waals surface area (Å²) in [4.78, 5) is 0. The number of hydrogen-bond acceptors (Lipinski definition) is 2. The van der Waals surface area contributed by atoms with Crippen LogP contribution in [0.2, 0.25) is 0 Å². The molecule has 1 aliphatic heterocycles. The summed E-state index contributed by atoms with van der Waals surface area (Å²) in [5.41, 5.74) is -0.352. The summed E-state index contributed by atoms with van der Waals surface area (Å²) in [6.45, 7) is 1.93. The molecule has 1 atom stereocenters. The van der Waals surface area contributed by atoms with Crippen LogP contribution in [-0.4, -0.2) is 12.8 Å². The lowest BCUT2D eigenvalue weighted by Crippen LogP contribution is -2.40. The van der Waals surface area contributed by atoms with Gasteiger partial charge in [0.05, 0.1) is 6.20 Å². The van der Waals surface area contributed by atoms with Gasteiger partial charge in [0.25, 0.3) is 0 Å². The van der Waals surface area contributed by atoms with Crippen LogP contribution in [0.15, 0.2) is 18.2 Å². The van der Waals surface area contributed by atoms with Crippen molar-refractivity contribution in [3.05, 3.63) is 24.4 Å². The van der Waals surface area contributed by atoms with Gasteiger partial charge in [0.1, 0.15) is 0 Å². The summed E-state index contributed by atoms with van der Waals surface area (Å²) in [7, 11) is 1.66. The summed E-state index contributed by atoms with van der Waals surface area (Å²) >= 11 is 0. The summed E-state index contributed by atoms with van der Waals surface area (Å²) in [6, 6.07) is 0. The lowest BCUT2D eigenvalue weighted by atomic mass is 10.2. The second-order valence-electron chi connectivity index (χ2n) is 2.11. The zero-order valence-corrected chi connectivity index (χ0v) is 5.64. The number of allylic oxidation sites excluding steroid dienone is 2. The highest BCUT2D eigenvalue weighted by molar-refractivity contribution is 5.11. The van der Waals surface area contributed by atoms with Gasteiger partial charge in [-0.2, -0.15) is 0 Å². The van der Waals surface area contributed by atoms with Crippen molar-refractivity contribution < 1.29 is 4.74 Å². The maximum Gasteiger partial charge on any atom is 0.155 e. The molecule has 2 heteroatoms. The van der Waals surface area contributed by atoms with Crippen LogP contribution in [0.5, 0.6) is 0 Å². The molecule has 0 bridgehead atoms. The van der Waals surface area contributed by atoms with Crippen molar-refractivity contribution in [3.8, 4) is 0 Å². The van der Waals surface area contributed by atoms with Crippen LogP contribution < -0.4 is 5.32 Å². The molecule has 1 aliphatic rings. The smallest absolute Gasteiger partial charge is 0.155 e. The van der Waals surface area contributed by atoms with Crippen molar-refractivity contribution in [2.24, 2.45) is 0 Å². The fraction of sp³-hybridized carbons (Fsp3) is 0.429. The van der Waals surface area contributed by atoms with E-state index in [1.54, 1.807) is 13.2 Å².